The zero-order valence-corrected chi connectivity index (χ0v) is 14.7. The molecule has 0 spiro atoms. The minimum Gasteiger partial charge on any atom is -0.465 e. The Bertz CT molecular complexity index is 780. The molecule has 7 heteroatoms. The van der Waals surface area contributed by atoms with Gasteiger partial charge in [0.25, 0.3) is 0 Å². The summed E-state index contributed by atoms with van der Waals surface area (Å²) in [5.41, 5.74) is 1.87. The number of anilines is 2. The van der Waals surface area contributed by atoms with Gasteiger partial charge >= 0.3 is 5.97 Å². The first-order valence-electron chi connectivity index (χ1n) is 7.08. The monoisotopic (exact) mass is 394 g/mol. The highest BCUT2D eigenvalue weighted by atomic mass is 79.9. The predicted octanol–water partition coefficient (Wildman–Crippen LogP) is 3.73. The van der Waals surface area contributed by atoms with E-state index >= 15 is 0 Å². The highest BCUT2D eigenvalue weighted by Crippen LogP contribution is 2.20. The van der Waals surface area contributed by atoms with Gasteiger partial charge in [-0.2, -0.15) is 0 Å². The first-order valence-corrected chi connectivity index (χ1v) is 7.87. The Morgan fingerprint density at radius 3 is 2.58 bits per heavy atom. The molecule has 2 aromatic rings. The van der Waals surface area contributed by atoms with Gasteiger partial charge in [0.05, 0.1) is 24.9 Å². The van der Waals surface area contributed by atoms with Crippen LogP contribution in [0.5, 0.6) is 0 Å². The maximum Gasteiger partial charge on any atom is 0.337 e. The number of rotatable bonds is 5. The summed E-state index contributed by atoms with van der Waals surface area (Å²) in [6.45, 7) is 1.69. The fraction of sp³-hybridized carbons (Fsp3) is 0.176. The number of amides is 1. The minimum absolute atomic E-state index is 0.111. The summed E-state index contributed by atoms with van der Waals surface area (Å²) in [4.78, 5) is 23.6. The van der Waals surface area contributed by atoms with E-state index in [1.54, 1.807) is 31.2 Å². The molecule has 0 saturated heterocycles. The van der Waals surface area contributed by atoms with E-state index in [0.717, 1.165) is 5.56 Å². The number of halogens is 2. The van der Waals surface area contributed by atoms with Gasteiger partial charge in [-0.3, -0.25) is 4.79 Å². The summed E-state index contributed by atoms with van der Waals surface area (Å²) >= 11 is 3.17. The molecule has 2 aromatic carbocycles. The van der Waals surface area contributed by atoms with E-state index in [4.69, 9.17) is 0 Å². The molecule has 0 aliphatic heterocycles. The Hall–Kier alpha value is -2.41. The van der Waals surface area contributed by atoms with Crippen LogP contribution in [0.15, 0.2) is 40.9 Å². The van der Waals surface area contributed by atoms with Crippen molar-refractivity contribution in [1.29, 1.82) is 0 Å². The van der Waals surface area contributed by atoms with Crippen molar-refractivity contribution in [1.82, 2.24) is 0 Å². The normalized spacial score (nSPS) is 10.2. The number of ether oxygens (including phenoxy) is 1. The van der Waals surface area contributed by atoms with Gasteiger partial charge in [-0.15, -0.1) is 0 Å². The van der Waals surface area contributed by atoms with Crippen molar-refractivity contribution in [2.75, 3.05) is 24.3 Å². The molecule has 126 valence electrons. The molecular formula is C17H16BrFN2O3. The lowest BCUT2D eigenvalue weighted by Crippen LogP contribution is -2.22. The largest absolute Gasteiger partial charge is 0.465 e. The van der Waals surface area contributed by atoms with Gasteiger partial charge in [-0.25, -0.2) is 9.18 Å². The molecule has 1 amide bonds. The Kier molecular flexibility index (Phi) is 5.92. The number of hydrogen-bond acceptors (Lipinski definition) is 4. The van der Waals surface area contributed by atoms with E-state index in [1.165, 1.54) is 19.2 Å². The molecule has 0 atom stereocenters. The van der Waals surface area contributed by atoms with Crippen LogP contribution in [0.1, 0.15) is 15.9 Å². The van der Waals surface area contributed by atoms with Crippen LogP contribution in [0.2, 0.25) is 0 Å². The van der Waals surface area contributed by atoms with Crippen molar-refractivity contribution in [2.45, 2.75) is 6.92 Å². The highest BCUT2D eigenvalue weighted by molar-refractivity contribution is 9.10. The van der Waals surface area contributed by atoms with Crippen molar-refractivity contribution >= 4 is 39.2 Å². The molecule has 5 nitrogen and oxygen atoms in total. The van der Waals surface area contributed by atoms with Crippen molar-refractivity contribution in [3.05, 3.63) is 57.8 Å². The van der Waals surface area contributed by atoms with Crippen LogP contribution in [0.4, 0.5) is 15.8 Å². The Labute approximate surface area is 147 Å². The summed E-state index contributed by atoms with van der Waals surface area (Å²) in [7, 11) is 1.29. The van der Waals surface area contributed by atoms with Gasteiger partial charge in [0.1, 0.15) is 5.82 Å². The Morgan fingerprint density at radius 2 is 1.92 bits per heavy atom. The Balaban J connectivity index is 2.03. The molecule has 0 fully saturated rings. The first-order chi connectivity index (χ1) is 11.4. The van der Waals surface area contributed by atoms with Gasteiger partial charge < -0.3 is 15.4 Å². The number of aryl methyl sites for hydroxylation is 1. The lowest BCUT2D eigenvalue weighted by molar-refractivity contribution is -0.114. The second kappa shape index (κ2) is 7.92. The lowest BCUT2D eigenvalue weighted by Gasteiger charge is -2.11. The predicted molar refractivity (Wildman–Crippen MR) is 93.7 cm³/mol. The molecule has 0 aliphatic carbocycles. The molecule has 2 rings (SSSR count). The standard InChI is InChI=1S/C17H16BrFN2O3/c1-10-3-4-11(17(23)24-2)7-15(10)21-16(22)9-20-14-6-5-12(18)8-13(14)19/h3-8,20H,9H2,1-2H3,(H,21,22). The van der Waals surface area contributed by atoms with Crippen LogP contribution in [0.3, 0.4) is 0 Å². The third kappa shape index (κ3) is 4.55. The maximum absolute atomic E-state index is 13.7. The molecule has 0 bridgehead atoms. The van der Waals surface area contributed by atoms with E-state index < -0.39 is 11.8 Å². The number of carbonyl (C=O) groups excluding carboxylic acids is 2. The van der Waals surface area contributed by atoms with E-state index in [0.29, 0.717) is 15.7 Å². The molecular weight excluding hydrogens is 379 g/mol. The van der Waals surface area contributed by atoms with Crippen molar-refractivity contribution in [3.8, 4) is 0 Å². The second-order valence-electron chi connectivity index (χ2n) is 5.05. The quantitative estimate of drug-likeness (QED) is 0.758. The molecule has 0 heterocycles. The van der Waals surface area contributed by atoms with Crippen LogP contribution < -0.4 is 10.6 Å². The topological polar surface area (TPSA) is 67.4 Å². The highest BCUT2D eigenvalue weighted by Gasteiger charge is 2.11. The zero-order chi connectivity index (χ0) is 17.7. The molecule has 24 heavy (non-hydrogen) atoms. The van der Waals surface area contributed by atoms with Gasteiger partial charge in [-0.05, 0) is 42.8 Å². The smallest absolute Gasteiger partial charge is 0.337 e. The van der Waals surface area contributed by atoms with Crippen molar-refractivity contribution < 1.29 is 18.7 Å². The van der Waals surface area contributed by atoms with Crippen molar-refractivity contribution in [2.24, 2.45) is 0 Å². The van der Waals surface area contributed by atoms with Gasteiger partial charge in [0.15, 0.2) is 0 Å². The van der Waals surface area contributed by atoms with E-state index in [2.05, 4.69) is 31.3 Å². The number of carbonyl (C=O) groups is 2. The van der Waals surface area contributed by atoms with Crippen LogP contribution in [0, 0.1) is 12.7 Å². The van der Waals surface area contributed by atoms with Crippen LogP contribution in [-0.4, -0.2) is 25.5 Å². The summed E-state index contributed by atoms with van der Waals surface area (Å²) < 4.78 is 19.0. The maximum atomic E-state index is 13.7. The summed E-state index contributed by atoms with van der Waals surface area (Å²) in [6.07, 6.45) is 0. The average molecular weight is 395 g/mol. The fourth-order valence-corrected chi connectivity index (χ4v) is 2.34. The third-order valence-corrected chi connectivity index (χ3v) is 3.80. The van der Waals surface area contributed by atoms with Gasteiger partial charge in [0.2, 0.25) is 5.91 Å². The fourth-order valence-electron chi connectivity index (χ4n) is 2.00. The van der Waals surface area contributed by atoms with Crippen molar-refractivity contribution in [3.63, 3.8) is 0 Å². The lowest BCUT2D eigenvalue weighted by atomic mass is 10.1. The third-order valence-electron chi connectivity index (χ3n) is 3.30. The number of nitrogens with one attached hydrogen (secondary N) is 2. The number of esters is 1. The van der Waals surface area contributed by atoms with Crippen LogP contribution >= 0.6 is 15.9 Å². The number of benzene rings is 2. The number of methoxy groups -OCH3 is 1. The average Bonchev–Trinajstić information content (AvgIpc) is 2.55. The van der Waals surface area contributed by atoms with Crippen LogP contribution in [0.25, 0.3) is 0 Å². The summed E-state index contributed by atoms with van der Waals surface area (Å²) in [6, 6.07) is 9.39. The van der Waals surface area contributed by atoms with Crippen LogP contribution in [-0.2, 0) is 9.53 Å². The van der Waals surface area contributed by atoms with Gasteiger partial charge in [-0.1, -0.05) is 22.0 Å². The molecule has 0 aliphatic rings. The summed E-state index contributed by atoms with van der Waals surface area (Å²) in [5.74, 6) is -1.30. The van der Waals surface area contributed by atoms with E-state index in [1.807, 2.05) is 0 Å². The molecule has 0 saturated carbocycles. The molecule has 0 radical (unpaired) electrons. The van der Waals surface area contributed by atoms with E-state index in [-0.39, 0.29) is 18.1 Å². The second-order valence-corrected chi connectivity index (χ2v) is 5.96. The summed E-state index contributed by atoms with van der Waals surface area (Å²) in [5, 5.41) is 5.42. The zero-order valence-electron chi connectivity index (χ0n) is 13.2. The Morgan fingerprint density at radius 1 is 1.17 bits per heavy atom. The van der Waals surface area contributed by atoms with Gasteiger partial charge in [0, 0.05) is 10.2 Å². The van der Waals surface area contributed by atoms with E-state index in [9.17, 15) is 14.0 Å². The molecule has 2 N–H and O–H groups in total. The first kappa shape index (κ1) is 17.9. The molecule has 0 unspecified atom stereocenters. The SMILES string of the molecule is COC(=O)c1ccc(C)c(NC(=O)CNc2ccc(Br)cc2F)c1. The minimum atomic E-state index is -0.486. The number of hydrogen-bond donors (Lipinski definition) is 2. The molecule has 0 aromatic heterocycles.